The Morgan fingerprint density at radius 2 is 2.00 bits per heavy atom. The number of hydrogen-bond donors (Lipinski definition) is 1. The topological polar surface area (TPSA) is 46.5 Å². The molecule has 0 fully saturated rings. The Labute approximate surface area is 124 Å². The van der Waals surface area contributed by atoms with E-state index in [0.29, 0.717) is 5.75 Å². The third-order valence-electron chi connectivity index (χ3n) is 3.27. The molecule has 0 aliphatic carbocycles. The second kappa shape index (κ2) is 5.18. The minimum absolute atomic E-state index is 0.225. The van der Waals surface area contributed by atoms with Gasteiger partial charge in [-0.1, -0.05) is 0 Å². The fraction of sp³-hybridized carbons (Fsp3) is 0.0625. The fourth-order valence-corrected chi connectivity index (χ4v) is 3.20. The van der Waals surface area contributed by atoms with Gasteiger partial charge in [-0.15, -0.1) is 11.3 Å². The number of thiophene rings is 1. The summed E-state index contributed by atoms with van der Waals surface area (Å²) in [7, 11) is 1.48. The number of methoxy groups -OCH3 is 1. The van der Waals surface area contributed by atoms with Gasteiger partial charge in [-0.2, -0.15) is 0 Å². The zero-order chi connectivity index (χ0) is 15.0. The smallest absolute Gasteiger partial charge is 0.335 e. The molecule has 3 nitrogen and oxygen atoms in total. The Morgan fingerprint density at radius 1 is 1.19 bits per heavy atom. The molecule has 106 valence electrons. The molecular formula is C16H11FO3S. The number of ether oxygens (including phenoxy) is 1. The molecule has 0 atom stereocenters. The molecule has 0 spiro atoms. The van der Waals surface area contributed by atoms with Gasteiger partial charge in [0.1, 0.15) is 11.6 Å². The molecule has 21 heavy (non-hydrogen) atoms. The van der Waals surface area contributed by atoms with Crippen LogP contribution in [0.15, 0.2) is 41.8 Å². The zero-order valence-electron chi connectivity index (χ0n) is 11.1. The van der Waals surface area contributed by atoms with Crippen molar-refractivity contribution < 1.29 is 19.0 Å². The van der Waals surface area contributed by atoms with Crippen molar-refractivity contribution in [3.05, 3.63) is 53.2 Å². The normalized spacial score (nSPS) is 10.8. The van der Waals surface area contributed by atoms with Crippen molar-refractivity contribution >= 4 is 27.4 Å². The van der Waals surface area contributed by atoms with E-state index in [4.69, 9.17) is 9.84 Å². The lowest BCUT2D eigenvalue weighted by Crippen LogP contribution is -1.95. The predicted molar refractivity (Wildman–Crippen MR) is 80.7 cm³/mol. The highest BCUT2D eigenvalue weighted by atomic mass is 32.1. The molecule has 1 aromatic heterocycles. The number of carboxylic acid groups (broad SMARTS) is 1. The Bertz CT molecular complexity index is 839. The van der Waals surface area contributed by atoms with Gasteiger partial charge in [0.15, 0.2) is 0 Å². The summed E-state index contributed by atoms with van der Waals surface area (Å²) in [6, 6.07) is 9.31. The number of carboxylic acids is 1. The molecule has 0 bridgehead atoms. The van der Waals surface area contributed by atoms with E-state index in [2.05, 4.69) is 0 Å². The van der Waals surface area contributed by atoms with E-state index in [1.54, 1.807) is 24.3 Å². The van der Waals surface area contributed by atoms with E-state index in [1.165, 1.54) is 30.6 Å². The number of halogens is 1. The summed E-state index contributed by atoms with van der Waals surface area (Å²) in [5.74, 6) is -0.920. The minimum atomic E-state index is -0.972. The van der Waals surface area contributed by atoms with Crippen molar-refractivity contribution in [1.29, 1.82) is 0 Å². The number of rotatable bonds is 3. The fourth-order valence-electron chi connectivity index (χ4n) is 2.26. The summed E-state index contributed by atoms with van der Waals surface area (Å²) >= 11 is 1.51. The largest absolute Gasteiger partial charge is 0.496 e. The monoisotopic (exact) mass is 302 g/mol. The molecule has 5 heteroatoms. The van der Waals surface area contributed by atoms with Crippen molar-refractivity contribution in [3.8, 4) is 16.9 Å². The number of carbonyl (C=O) groups is 1. The summed E-state index contributed by atoms with van der Waals surface area (Å²) in [5, 5.41) is 11.9. The molecule has 2 aromatic carbocycles. The van der Waals surface area contributed by atoms with E-state index in [-0.39, 0.29) is 11.4 Å². The number of hydrogen-bond acceptors (Lipinski definition) is 3. The maximum Gasteiger partial charge on any atom is 0.335 e. The number of benzene rings is 2. The van der Waals surface area contributed by atoms with Crippen LogP contribution in [-0.2, 0) is 0 Å². The lowest BCUT2D eigenvalue weighted by Gasteiger charge is -2.08. The molecule has 0 aliphatic heterocycles. The molecule has 1 N–H and O–H groups in total. The van der Waals surface area contributed by atoms with Gasteiger partial charge >= 0.3 is 5.97 Å². The van der Waals surface area contributed by atoms with Gasteiger partial charge in [0.2, 0.25) is 0 Å². The van der Waals surface area contributed by atoms with Gasteiger partial charge in [0.05, 0.1) is 12.7 Å². The average molecular weight is 302 g/mol. The van der Waals surface area contributed by atoms with E-state index in [1.807, 2.05) is 5.38 Å². The first-order valence-electron chi connectivity index (χ1n) is 6.18. The van der Waals surface area contributed by atoms with E-state index in [0.717, 1.165) is 21.2 Å². The van der Waals surface area contributed by atoms with Crippen LogP contribution in [0.25, 0.3) is 21.2 Å². The van der Waals surface area contributed by atoms with Crippen LogP contribution in [0.3, 0.4) is 0 Å². The SMILES string of the molecule is COc1cc(F)ccc1-c1csc2ccc(C(=O)O)cc12. The predicted octanol–water partition coefficient (Wildman–Crippen LogP) is 4.41. The highest BCUT2D eigenvalue weighted by molar-refractivity contribution is 7.17. The van der Waals surface area contributed by atoms with Gasteiger partial charge in [-0.05, 0) is 35.7 Å². The zero-order valence-corrected chi connectivity index (χ0v) is 11.9. The summed E-state index contributed by atoms with van der Waals surface area (Å²) in [6.07, 6.45) is 0. The van der Waals surface area contributed by atoms with Gasteiger partial charge in [0, 0.05) is 27.3 Å². The Balaban J connectivity index is 2.25. The van der Waals surface area contributed by atoms with Crippen LogP contribution in [0.1, 0.15) is 10.4 Å². The summed E-state index contributed by atoms with van der Waals surface area (Å²) in [4.78, 5) is 11.1. The Hall–Kier alpha value is -2.40. The molecular weight excluding hydrogens is 291 g/mol. The van der Waals surface area contributed by atoms with Gasteiger partial charge in [0.25, 0.3) is 0 Å². The van der Waals surface area contributed by atoms with Crippen LogP contribution < -0.4 is 4.74 Å². The molecule has 0 unspecified atom stereocenters. The van der Waals surface area contributed by atoms with E-state index in [9.17, 15) is 9.18 Å². The van der Waals surface area contributed by atoms with Crippen LogP contribution in [0.4, 0.5) is 4.39 Å². The third kappa shape index (κ3) is 2.36. The Kier molecular flexibility index (Phi) is 3.35. The first-order valence-corrected chi connectivity index (χ1v) is 7.06. The van der Waals surface area contributed by atoms with Crippen LogP contribution >= 0.6 is 11.3 Å². The molecule has 1 heterocycles. The minimum Gasteiger partial charge on any atom is -0.496 e. The Morgan fingerprint density at radius 3 is 2.71 bits per heavy atom. The number of aromatic carboxylic acids is 1. The van der Waals surface area contributed by atoms with Gasteiger partial charge in [-0.3, -0.25) is 0 Å². The molecule has 0 aliphatic rings. The van der Waals surface area contributed by atoms with Gasteiger partial charge < -0.3 is 9.84 Å². The highest BCUT2D eigenvalue weighted by Gasteiger charge is 2.14. The lowest BCUT2D eigenvalue weighted by atomic mass is 10.0. The standard InChI is InChI=1S/C16H11FO3S/c1-20-14-7-10(17)3-4-11(14)13-8-21-15-5-2-9(16(18)19)6-12(13)15/h2-8H,1H3,(H,18,19). The van der Waals surface area contributed by atoms with E-state index < -0.39 is 5.97 Å². The quantitative estimate of drug-likeness (QED) is 0.779. The molecule has 0 saturated heterocycles. The molecule has 3 rings (SSSR count). The second-order valence-electron chi connectivity index (χ2n) is 4.51. The highest BCUT2D eigenvalue weighted by Crippen LogP contribution is 2.39. The molecule has 3 aromatic rings. The average Bonchev–Trinajstić information content (AvgIpc) is 2.89. The van der Waals surface area contributed by atoms with Crippen molar-refractivity contribution in [2.45, 2.75) is 0 Å². The van der Waals surface area contributed by atoms with Crippen molar-refractivity contribution in [1.82, 2.24) is 0 Å². The van der Waals surface area contributed by atoms with Gasteiger partial charge in [-0.25, -0.2) is 9.18 Å². The second-order valence-corrected chi connectivity index (χ2v) is 5.42. The number of fused-ring (bicyclic) bond motifs is 1. The maximum absolute atomic E-state index is 13.3. The molecule has 0 saturated carbocycles. The van der Waals surface area contributed by atoms with Crippen molar-refractivity contribution in [3.63, 3.8) is 0 Å². The summed E-state index contributed by atoms with van der Waals surface area (Å²) < 4.78 is 19.5. The molecule has 0 amide bonds. The first kappa shape index (κ1) is 13.6. The van der Waals surface area contributed by atoms with Crippen LogP contribution in [-0.4, -0.2) is 18.2 Å². The van der Waals surface area contributed by atoms with Crippen molar-refractivity contribution in [2.24, 2.45) is 0 Å². The lowest BCUT2D eigenvalue weighted by molar-refractivity contribution is 0.0697. The van der Waals surface area contributed by atoms with E-state index >= 15 is 0 Å². The summed E-state index contributed by atoms with van der Waals surface area (Å²) in [6.45, 7) is 0. The van der Waals surface area contributed by atoms with Crippen LogP contribution in [0.2, 0.25) is 0 Å². The maximum atomic E-state index is 13.3. The molecule has 0 radical (unpaired) electrons. The third-order valence-corrected chi connectivity index (χ3v) is 4.24. The first-order chi connectivity index (χ1) is 10.1. The van der Waals surface area contributed by atoms with Crippen LogP contribution in [0, 0.1) is 5.82 Å². The summed E-state index contributed by atoms with van der Waals surface area (Å²) in [5.41, 5.74) is 1.81. The van der Waals surface area contributed by atoms with Crippen LogP contribution in [0.5, 0.6) is 5.75 Å². The van der Waals surface area contributed by atoms with Crippen molar-refractivity contribution in [2.75, 3.05) is 7.11 Å².